The predicted molar refractivity (Wildman–Crippen MR) is 66.6 cm³/mol. The van der Waals surface area contributed by atoms with Crippen molar-refractivity contribution in [3.05, 3.63) is 18.3 Å². The summed E-state index contributed by atoms with van der Waals surface area (Å²) in [6.45, 7) is 6.63. The highest BCUT2D eigenvalue weighted by atomic mass is 16.5. The van der Waals surface area contributed by atoms with E-state index < -0.39 is 0 Å². The minimum absolute atomic E-state index is 0.130. The van der Waals surface area contributed by atoms with Gasteiger partial charge in [-0.3, -0.25) is 0 Å². The van der Waals surface area contributed by atoms with Crippen LogP contribution in [0.2, 0.25) is 0 Å². The minimum Gasteiger partial charge on any atom is -0.473 e. The van der Waals surface area contributed by atoms with E-state index in [1.165, 1.54) is 0 Å². The number of aromatic nitrogens is 1. The van der Waals surface area contributed by atoms with E-state index in [-0.39, 0.29) is 6.10 Å². The summed E-state index contributed by atoms with van der Waals surface area (Å²) in [5.41, 5.74) is 0.925. The molecule has 0 unspecified atom stereocenters. The molecule has 0 saturated carbocycles. The monoisotopic (exact) mass is 218 g/mol. The average molecular weight is 218 g/mol. The molecule has 86 valence electrons. The molecule has 1 heterocycles. The molecule has 0 radical (unpaired) electrons. The zero-order valence-electron chi connectivity index (χ0n) is 10.1. The third-order valence-electron chi connectivity index (χ3n) is 1.86. The maximum Gasteiger partial charge on any atom is 0.237 e. The van der Waals surface area contributed by atoms with Crippen LogP contribution in [0.3, 0.4) is 0 Å². The molecular weight excluding hydrogens is 200 g/mol. The first-order valence-corrected chi connectivity index (χ1v) is 5.49. The van der Waals surface area contributed by atoms with E-state index in [4.69, 9.17) is 4.74 Å². The number of nitrogens with zero attached hydrogens (tertiary/aromatic N) is 1. The van der Waals surface area contributed by atoms with E-state index in [1.807, 2.05) is 32.9 Å². The van der Waals surface area contributed by atoms with Gasteiger partial charge in [0.05, 0.1) is 11.8 Å². The molecular formula is C13H18N2O. The van der Waals surface area contributed by atoms with E-state index in [1.54, 1.807) is 6.20 Å². The fraction of sp³-hybridized carbons (Fsp3) is 0.462. The molecule has 1 N–H and O–H groups in total. The maximum atomic E-state index is 5.59. The maximum absolute atomic E-state index is 5.59. The van der Waals surface area contributed by atoms with Crippen molar-refractivity contribution in [1.29, 1.82) is 0 Å². The Morgan fingerprint density at radius 2 is 2.31 bits per heavy atom. The SMILES string of the molecule is CC#CCCNc1cccnc1OC(C)C. The number of hydrogen-bond donors (Lipinski definition) is 1. The van der Waals surface area contributed by atoms with Gasteiger partial charge in [0.25, 0.3) is 0 Å². The summed E-state index contributed by atoms with van der Waals surface area (Å²) >= 11 is 0. The van der Waals surface area contributed by atoms with Crippen molar-refractivity contribution >= 4 is 5.69 Å². The van der Waals surface area contributed by atoms with Crippen LogP contribution in [0.25, 0.3) is 0 Å². The van der Waals surface area contributed by atoms with Gasteiger partial charge in [-0.2, -0.15) is 0 Å². The molecule has 0 saturated heterocycles. The molecule has 1 aromatic heterocycles. The van der Waals surface area contributed by atoms with E-state index >= 15 is 0 Å². The van der Waals surface area contributed by atoms with Crippen LogP contribution in [0, 0.1) is 11.8 Å². The predicted octanol–water partition coefficient (Wildman–Crippen LogP) is 2.69. The van der Waals surface area contributed by atoms with Crippen molar-refractivity contribution in [3.63, 3.8) is 0 Å². The molecule has 3 heteroatoms. The van der Waals surface area contributed by atoms with Crippen molar-refractivity contribution in [2.75, 3.05) is 11.9 Å². The summed E-state index contributed by atoms with van der Waals surface area (Å²) in [4.78, 5) is 4.20. The molecule has 0 aliphatic carbocycles. The summed E-state index contributed by atoms with van der Waals surface area (Å²) in [5, 5.41) is 3.26. The lowest BCUT2D eigenvalue weighted by atomic mass is 10.3. The second-order valence-electron chi connectivity index (χ2n) is 3.63. The van der Waals surface area contributed by atoms with E-state index in [0.29, 0.717) is 5.88 Å². The molecule has 0 bridgehead atoms. The van der Waals surface area contributed by atoms with Gasteiger partial charge in [0.2, 0.25) is 5.88 Å². The normalized spacial score (nSPS) is 9.50. The molecule has 16 heavy (non-hydrogen) atoms. The summed E-state index contributed by atoms with van der Waals surface area (Å²) in [6.07, 6.45) is 2.69. The van der Waals surface area contributed by atoms with Crippen LogP contribution in [-0.4, -0.2) is 17.6 Å². The Morgan fingerprint density at radius 1 is 1.50 bits per heavy atom. The fourth-order valence-electron chi connectivity index (χ4n) is 1.23. The van der Waals surface area contributed by atoms with Gasteiger partial charge in [0.1, 0.15) is 0 Å². The van der Waals surface area contributed by atoms with Gasteiger partial charge in [0.15, 0.2) is 0 Å². The van der Waals surface area contributed by atoms with Crippen LogP contribution in [-0.2, 0) is 0 Å². The number of anilines is 1. The van der Waals surface area contributed by atoms with Gasteiger partial charge < -0.3 is 10.1 Å². The van der Waals surface area contributed by atoms with Crippen LogP contribution >= 0.6 is 0 Å². The Kier molecular flexibility index (Phi) is 5.21. The molecule has 0 fully saturated rings. The zero-order chi connectivity index (χ0) is 11.8. The Labute approximate surface area is 97.2 Å². The van der Waals surface area contributed by atoms with Crippen molar-refractivity contribution in [3.8, 4) is 17.7 Å². The minimum atomic E-state index is 0.130. The third kappa shape index (κ3) is 4.22. The molecule has 0 atom stereocenters. The second kappa shape index (κ2) is 6.73. The lowest BCUT2D eigenvalue weighted by molar-refractivity contribution is 0.234. The Balaban J connectivity index is 2.58. The van der Waals surface area contributed by atoms with Crippen LogP contribution < -0.4 is 10.1 Å². The number of nitrogens with one attached hydrogen (secondary N) is 1. The van der Waals surface area contributed by atoms with Crippen LogP contribution in [0.5, 0.6) is 5.88 Å². The van der Waals surface area contributed by atoms with Gasteiger partial charge in [-0.25, -0.2) is 4.98 Å². The quantitative estimate of drug-likeness (QED) is 0.609. The fourth-order valence-corrected chi connectivity index (χ4v) is 1.23. The summed E-state index contributed by atoms with van der Waals surface area (Å²) < 4.78 is 5.59. The lowest BCUT2D eigenvalue weighted by Crippen LogP contribution is -2.10. The summed E-state index contributed by atoms with van der Waals surface area (Å²) in [6, 6.07) is 3.85. The van der Waals surface area contributed by atoms with Crippen molar-refractivity contribution < 1.29 is 4.74 Å². The highest BCUT2D eigenvalue weighted by Gasteiger charge is 2.05. The zero-order valence-corrected chi connectivity index (χ0v) is 10.1. The van der Waals surface area contributed by atoms with E-state index in [0.717, 1.165) is 18.7 Å². The van der Waals surface area contributed by atoms with Crippen molar-refractivity contribution in [2.45, 2.75) is 33.3 Å². The molecule has 1 rings (SSSR count). The molecule has 0 aliphatic heterocycles. The third-order valence-corrected chi connectivity index (χ3v) is 1.86. The number of ether oxygens (including phenoxy) is 1. The highest BCUT2D eigenvalue weighted by Crippen LogP contribution is 2.21. The largest absolute Gasteiger partial charge is 0.473 e. The van der Waals surface area contributed by atoms with Gasteiger partial charge in [-0.05, 0) is 32.9 Å². The molecule has 0 aliphatic rings. The van der Waals surface area contributed by atoms with Crippen molar-refractivity contribution in [2.24, 2.45) is 0 Å². The topological polar surface area (TPSA) is 34.2 Å². The number of hydrogen-bond acceptors (Lipinski definition) is 3. The Morgan fingerprint density at radius 3 is 3.00 bits per heavy atom. The molecule has 0 amide bonds. The van der Waals surface area contributed by atoms with Gasteiger partial charge in [0, 0.05) is 19.2 Å². The molecule has 3 nitrogen and oxygen atoms in total. The summed E-state index contributed by atoms with van der Waals surface area (Å²) in [7, 11) is 0. The Hall–Kier alpha value is -1.69. The standard InChI is InChI=1S/C13H18N2O/c1-4-5-6-9-14-12-8-7-10-15-13(12)16-11(2)3/h7-8,10-11,14H,6,9H2,1-3H3. The van der Waals surface area contributed by atoms with E-state index in [9.17, 15) is 0 Å². The summed E-state index contributed by atoms with van der Waals surface area (Å²) in [5.74, 6) is 6.52. The van der Waals surface area contributed by atoms with Gasteiger partial charge in [-0.15, -0.1) is 11.8 Å². The first kappa shape index (κ1) is 12.4. The first-order valence-electron chi connectivity index (χ1n) is 5.49. The number of rotatable bonds is 5. The average Bonchev–Trinajstić information content (AvgIpc) is 2.26. The van der Waals surface area contributed by atoms with Crippen LogP contribution in [0.15, 0.2) is 18.3 Å². The van der Waals surface area contributed by atoms with Crippen LogP contribution in [0.4, 0.5) is 5.69 Å². The highest BCUT2D eigenvalue weighted by molar-refractivity contribution is 5.52. The number of pyridine rings is 1. The lowest BCUT2D eigenvalue weighted by Gasteiger charge is -2.13. The smallest absolute Gasteiger partial charge is 0.237 e. The van der Waals surface area contributed by atoms with E-state index in [2.05, 4.69) is 22.1 Å². The Bertz CT molecular complexity index is 377. The first-order chi connectivity index (χ1) is 7.74. The second-order valence-corrected chi connectivity index (χ2v) is 3.63. The molecule has 0 spiro atoms. The van der Waals surface area contributed by atoms with Gasteiger partial charge >= 0.3 is 0 Å². The van der Waals surface area contributed by atoms with Crippen molar-refractivity contribution in [1.82, 2.24) is 4.98 Å². The van der Waals surface area contributed by atoms with Gasteiger partial charge in [-0.1, -0.05) is 0 Å². The molecule has 1 aromatic rings. The van der Waals surface area contributed by atoms with Crippen LogP contribution in [0.1, 0.15) is 27.2 Å². The molecule has 0 aromatic carbocycles.